The van der Waals surface area contributed by atoms with Crippen molar-refractivity contribution in [2.24, 2.45) is 0 Å². The number of carbonyl (C=O) groups excluding carboxylic acids is 1. The minimum Gasteiger partial charge on any atom is -0.497 e. The van der Waals surface area contributed by atoms with E-state index in [-0.39, 0.29) is 5.91 Å². The molecule has 1 saturated heterocycles. The second kappa shape index (κ2) is 9.76. The van der Waals surface area contributed by atoms with Crippen LogP contribution in [0.2, 0.25) is 0 Å². The number of methoxy groups -OCH3 is 1. The van der Waals surface area contributed by atoms with E-state index in [1.807, 2.05) is 42.5 Å². The van der Waals surface area contributed by atoms with E-state index in [1.54, 1.807) is 18.4 Å². The van der Waals surface area contributed by atoms with Crippen molar-refractivity contribution in [1.82, 2.24) is 19.6 Å². The minimum absolute atomic E-state index is 0.00777. The van der Waals surface area contributed by atoms with Gasteiger partial charge < -0.3 is 10.1 Å². The third-order valence-corrected chi connectivity index (χ3v) is 8.01. The number of rotatable bonds is 7. The number of ether oxygens (including phenoxy) is 1. The first kappa shape index (κ1) is 22.9. The number of hydrogen-bond donors (Lipinski definition) is 1. The Bertz CT molecular complexity index is 1280. The molecule has 0 saturated carbocycles. The zero-order chi connectivity index (χ0) is 23.7. The first-order valence-electron chi connectivity index (χ1n) is 12.1. The Balaban J connectivity index is 1.24. The highest BCUT2D eigenvalue weighted by atomic mass is 32.1. The molecule has 1 amide bonds. The number of hydrogen-bond acceptors (Lipinski definition) is 5. The van der Waals surface area contributed by atoms with E-state index in [9.17, 15) is 4.79 Å². The van der Waals surface area contributed by atoms with Crippen LogP contribution in [0.1, 0.15) is 49.9 Å². The molecule has 34 heavy (non-hydrogen) atoms. The van der Waals surface area contributed by atoms with Crippen LogP contribution >= 0.6 is 11.3 Å². The summed E-state index contributed by atoms with van der Waals surface area (Å²) >= 11 is 1.60. The number of benzene rings is 2. The molecule has 0 bridgehead atoms. The Morgan fingerprint density at radius 2 is 1.91 bits per heavy atom. The number of piperidine rings is 1. The fraction of sp³-hybridized carbons (Fsp3) is 0.407. The Labute approximate surface area is 204 Å². The molecule has 4 aromatic rings. The average Bonchev–Trinajstić information content (AvgIpc) is 3.41. The van der Waals surface area contributed by atoms with E-state index in [0.717, 1.165) is 45.1 Å². The number of amides is 1. The van der Waals surface area contributed by atoms with Gasteiger partial charge in [-0.15, -0.1) is 0 Å². The van der Waals surface area contributed by atoms with Crippen LogP contribution in [0.3, 0.4) is 0 Å². The average molecular weight is 477 g/mol. The lowest BCUT2D eigenvalue weighted by Gasteiger charge is -2.39. The molecule has 6 nitrogen and oxygen atoms in total. The molecular formula is C27H32N4O2S. The van der Waals surface area contributed by atoms with Gasteiger partial charge >= 0.3 is 0 Å². The molecule has 1 N–H and O–H groups in total. The van der Waals surface area contributed by atoms with Crippen molar-refractivity contribution in [2.75, 3.05) is 20.2 Å². The van der Waals surface area contributed by atoms with Gasteiger partial charge in [0.05, 0.1) is 23.0 Å². The third kappa shape index (κ3) is 4.55. The normalized spacial score (nSPS) is 19.0. The number of fused-ring (bicyclic) bond motifs is 3. The summed E-state index contributed by atoms with van der Waals surface area (Å²) in [5.74, 6) is 0.822. The summed E-state index contributed by atoms with van der Waals surface area (Å²) in [6, 6.07) is 15.1. The number of likely N-dealkylation sites (tertiary alicyclic amines) is 1. The summed E-state index contributed by atoms with van der Waals surface area (Å²) in [4.78, 5) is 21.1. The van der Waals surface area contributed by atoms with Gasteiger partial charge in [0.1, 0.15) is 5.75 Å². The summed E-state index contributed by atoms with van der Waals surface area (Å²) in [6.07, 6.45) is 6.92. The highest BCUT2D eigenvalue weighted by Crippen LogP contribution is 2.31. The van der Waals surface area contributed by atoms with E-state index in [0.29, 0.717) is 24.2 Å². The lowest BCUT2D eigenvalue weighted by Crippen LogP contribution is -2.44. The SMILES string of the molecule is COc1ccc(-c2cn3c(n2)sc2cc(C(=O)NCCCN4[C@@H](C)CCC[C@@H]4C)ccc23)cc1. The Hall–Kier alpha value is -2.90. The van der Waals surface area contributed by atoms with Gasteiger partial charge in [0.2, 0.25) is 0 Å². The largest absolute Gasteiger partial charge is 0.497 e. The molecule has 7 heteroatoms. The monoisotopic (exact) mass is 476 g/mol. The van der Waals surface area contributed by atoms with Crippen molar-refractivity contribution in [3.05, 3.63) is 54.2 Å². The van der Waals surface area contributed by atoms with Crippen LogP contribution in [0.5, 0.6) is 5.75 Å². The van der Waals surface area contributed by atoms with Crippen molar-refractivity contribution < 1.29 is 9.53 Å². The highest BCUT2D eigenvalue weighted by Gasteiger charge is 2.23. The zero-order valence-electron chi connectivity index (χ0n) is 20.1. The van der Waals surface area contributed by atoms with Gasteiger partial charge in [-0.2, -0.15) is 0 Å². The number of aromatic nitrogens is 2. The van der Waals surface area contributed by atoms with Crippen LogP contribution in [0, 0.1) is 0 Å². The second-order valence-electron chi connectivity index (χ2n) is 9.27. The lowest BCUT2D eigenvalue weighted by atomic mass is 9.97. The zero-order valence-corrected chi connectivity index (χ0v) is 20.9. The van der Waals surface area contributed by atoms with E-state index < -0.39 is 0 Å². The maximum absolute atomic E-state index is 12.8. The molecule has 0 unspecified atom stereocenters. The van der Waals surface area contributed by atoms with E-state index in [4.69, 9.17) is 9.72 Å². The smallest absolute Gasteiger partial charge is 0.251 e. The number of nitrogens with one attached hydrogen (secondary N) is 1. The molecule has 3 heterocycles. The maximum Gasteiger partial charge on any atom is 0.251 e. The van der Waals surface area contributed by atoms with Gasteiger partial charge in [-0.05, 0) is 75.6 Å². The van der Waals surface area contributed by atoms with Crippen molar-refractivity contribution in [1.29, 1.82) is 0 Å². The summed E-state index contributed by atoms with van der Waals surface area (Å²) in [5.41, 5.74) is 3.74. The van der Waals surface area contributed by atoms with E-state index in [1.165, 1.54) is 19.3 Å². The summed E-state index contributed by atoms with van der Waals surface area (Å²) in [6.45, 7) is 6.38. The van der Waals surface area contributed by atoms with Crippen LogP contribution in [0.4, 0.5) is 0 Å². The number of thiazole rings is 1. The first-order valence-corrected chi connectivity index (χ1v) is 12.9. The van der Waals surface area contributed by atoms with Gasteiger partial charge in [0.25, 0.3) is 5.91 Å². The van der Waals surface area contributed by atoms with E-state index in [2.05, 4.69) is 34.7 Å². The van der Waals surface area contributed by atoms with Crippen LogP contribution in [0.15, 0.2) is 48.7 Å². The molecule has 178 valence electrons. The molecule has 0 aliphatic carbocycles. The molecule has 1 fully saturated rings. The Morgan fingerprint density at radius 3 is 2.65 bits per heavy atom. The van der Waals surface area contributed by atoms with Crippen molar-refractivity contribution >= 4 is 32.4 Å². The first-order chi connectivity index (χ1) is 16.5. The summed E-state index contributed by atoms with van der Waals surface area (Å²) in [5, 5.41) is 3.11. The number of nitrogens with zero attached hydrogens (tertiary/aromatic N) is 3. The fourth-order valence-electron chi connectivity index (χ4n) is 5.02. The standard InChI is InChI=1S/C27H32N4O2S/c1-18-6-4-7-19(2)30(18)15-5-14-28-26(32)21-10-13-24-25(16-21)34-27-29-23(17-31(24)27)20-8-11-22(33-3)12-9-20/h8-13,16-19H,4-7,14-15H2,1-3H3,(H,28,32)/t18-,19-/m0/s1. The quantitative estimate of drug-likeness (QED) is 0.352. The van der Waals surface area contributed by atoms with Crippen molar-refractivity contribution in [3.8, 4) is 17.0 Å². The van der Waals surface area contributed by atoms with Gasteiger partial charge in [0, 0.05) is 42.5 Å². The number of imidazole rings is 1. The summed E-state index contributed by atoms with van der Waals surface area (Å²) < 4.78 is 8.41. The molecule has 1 aliphatic heterocycles. The van der Waals surface area contributed by atoms with Crippen LogP contribution < -0.4 is 10.1 Å². The Morgan fingerprint density at radius 1 is 1.15 bits per heavy atom. The predicted octanol–water partition coefficient (Wildman–Crippen LogP) is 5.61. The number of carbonyl (C=O) groups is 1. The molecule has 2 atom stereocenters. The Kier molecular flexibility index (Phi) is 6.57. The van der Waals surface area contributed by atoms with Crippen molar-refractivity contribution in [2.45, 2.75) is 51.6 Å². The lowest BCUT2D eigenvalue weighted by molar-refractivity contribution is 0.0925. The molecule has 1 aliphatic rings. The van der Waals surface area contributed by atoms with E-state index >= 15 is 0 Å². The van der Waals surface area contributed by atoms with Crippen molar-refractivity contribution in [3.63, 3.8) is 0 Å². The minimum atomic E-state index is -0.00777. The highest BCUT2D eigenvalue weighted by molar-refractivity contribution is 7.23. The fourth-order valence-corrected chi connectivity index (χ4v) is 6.07. The van der Waals surface area contributed by atoms with Crippen LogP contribution in [-0.2, 0) is 0 Å². The van der Waals surface area contributed by atoms with Gasteiger partial charge in [-0.1, -0.05) is 17.8 Å². The molecule has 5 rings (SSSR count). The molecule has 0 radical (unpaired) electrons. The topological polar surface area (TPSA) is 58.9 Å². The van der Waals surface area contributed by atoms with Gasteiger partial charge in [0.15, 0.2) is 4.96 Å². The molecule has 2 aromatic heterocycles. The molecule has 0 spiro atoms. The predicted molar refractivity (Wildman–Crippen MR) is 139 cm³/mol. The van der Waals surface area contributed by atoms with Crippen LogP contribution in [-0.4, -0.2) is 52.5 Å². The molecular weight excluding hydrogens is 444 g/mol. The van der Waals surface area contributed by atoms with Gasteiger partial charge in [-0.25, -0.2) is 4.98 Å². The van der Waals surface area contributed by atoms with Gasteiger partial charge in [-0.3, -0.25) is 14.1 Å². The summed E-state index contributed by atoms with van der Waals surface area (Å²) in [7, 11) is 1.67. The van der Waals surface area contributed by atoms with Crippen LogP contribution in [0.25, 0.3) is 26.4 Å². The third-order valence-electron chi connectivity index (χ3n) is 7.00. The molecule has 2 aromatic carbocycles. The second-order valence-corrected chi connectivity index (χ2v) is 10.3. The maximum atomic E-state index is 12.8.